The second-order valence-electron chi connectivity index (χ2n) is 6.16. The molecule has 0 spiro atoms. The van der Waals surface area contributed by atoms with Gasteiger partial charge in [-0.05, 0) is 30.0 Å². The van der Waals surface area contributed by atoms with E-state index in [0.717, 1.165) is 10.8 Å². The number of anilines is 3. The fourth-order valence-electron chi connectivity index (χ4n) is 2.97. The molecule has 0 bridgehead atoms. The minimum atomic E-state index is -0.405. The zero-order valence-electron chi connectivity index (χ0n) is 13.2. The van der Waals surface area contributed by atoms with Gasteiger partial charge in [-0.25, -0.2) is 9.78 Å². The van der Waals surface area contributed by atoms with Gasteiger partial charge in [0.2, 0.25) is 5.91 Å². The summed E-state index contributed by atoms with van der Waals surface area (Å²) in [5.74, 6) is -0.283. The minimum Gasteiger partial charge on any atom is -0.447 e. The van der Waals surface area contributed by atoms with Gasteiger partial charge >= 0.3 is 6.09 Å². The Morgan fingerprint density at radius 2 is 2.28 bits per heavy atom. The maximum atomic E-state index is 12.1. The number of benzene rings is 1. The van der Waals surface area contributed by atoms with Crippen LogP contribution in [-0.2, 0) is 9.53 Å². The van der Waals surface area contributed by atoms with Crippen LogP contribution in [0.3, 0.4) is 0 Å². The molecule has 2 amide bonds. The van der Waals surface area contributed by atoms with Gasteiger partial charge in [-0.1, -0.05) is 0 Å². The van der Waals surface area contributed by atoms with Crippen molar-refractivity contribution in [3.8, 4) is 6.07 Å². The predicted octanol–water partition coefficient (Wildman–Crippen LogP) is 1.87. The van der Waals surface area contributed by atoms with E-state index in [0.29, 0.717) is 36.8 Å². The lowest BCUT2D eigenvalue weighted by Crippen LogP contribution is -2.23. The Morgan fingerprint density at radius 1 is 1.44 bits per heavy atom. The summed E-state index contributed by atoms with van der Waals surface area (Å²) in [6, 6.07) is 7.31. The summed E-state index contributed by atoms with van der Waals surface area (Å²) in [4.78, 5) is 29.5. The van der Waals surface area contributed by atoms with Crippen LogP contribution in [0.5, 0.6) is 0 Å². The highest BCUT2D eigenvalue weighted by Gasteiger charge is 2.43. The number of nitrogens with two attached hydrogens (primary N) is 1. The number of rotatable bonds is 3. The molecule has 1 aromatic carbocycles. The molecule has 8 heteroatoms. The number of carbonyl (C=O) groups excluding carboxylic acids is 2. The fraction of sp³-hybridized carbons (Fsp3) is 0.294. The van der Waals surface area contributed by atoms with E-state index in [1.807, 2.05) is 6.07 Å². The van der Waals surface area contributed by atoms with E-state index < -0.39 is 6.09 Å². The molecule has 1 unspecified atom stereocenters. The Morgan fingerprint density at radius 3 is 2.96 bits per heavy atom. The lowest BCUT2D eigenvalue weighted by molar-refractivity contribution is -0.117. The molecule has 1 aliphatic carbocycles. The van der Waals surface area contributed by atoms with Gasteiger partial charge in [0, 0.05) is 23.0 Å². The molecule has 3 N–H and O–H groups in total. The summed E-state index contributed by atoms with van der Waals surface area (Å²) in [5.41, 5.74) is 7.21. The molecule has 2 aromatic rings. The Hall–Kier alpha value is -3.34. The van der Waals surface area contributed by atoms with Crippen LogP contribution in [0.1, 0.15) is 6.42 Å². The Bertz CT molecular complexity index is 936. The highest BCUT2D eigenvalue weighted by atomic mass is 16.6. The van der Waals surface area contributed by atoms with Crippen LogP contribution in [0.2, 0.25) is 0 Å². The molecule has 126 valence electrons. The number of ether oxygens (including phenoxy) is 1. The first-order valence-electron chi connectivity index (χ1n) is 7.91. The van der Waals surface area contributed by atoms with Crippen molar-refractivity contribution in [3.05, 3.63) is 24.4 Å². The monoisotopic (exact) mass is 337 g/mol. The molecule has 1 aromatic heterocycles. The van der Waals surface area contributed by atoms with Gasteiger partial charge in [-0.15, -0.1) is 0 Å². The fourth-order valence-corrected chi connectivity index (χ4v) is 2.97. The van der Waals surface area contributed by atoms with E-state index >= 15 is 0 Å². The van der Waals surface area contributed by atoms with Crippen LogP contribution in [0, 0.1) is 23.2 Å². The van der Waals surface area contributed by atoms with Crippen molar-refractivity contribution in [1.82, 2.24) is 4.98 Å². The molecule has 4 rings (SSSR count). The third-order valence-electron chi connectivity index (χ3n) is 4.47. The number of nitriles is 1. The normalized spacial score (nSPS) is 21.7. The van der Waals surface area contributed by atoms with E-state index in [9.17, 15) is 9.59 Å². The number of hydrogen-bond donors (Lipinski definition) is 2. The first-order chi connectivity index (χ1) is 12.1. The van der Waals surface area contributed by atoms with Crippen molar-refractivity contribution in [2.75, 3.05) is 29.1 Å². The first kappa shape index (κ1) is 15.2. The number of carbonyl (C=O) groups is 2. The standard InChI is InChI=1S/C17H15N5O3/c18-7-10-4-12(10)16(23)21-15-5-9-3-11(22-1-2-25-17(22)24)6-14(19)13(9)8-20-15/h3,5-6,8,10,12H,1-2,4,19H2,(H,20,21,23)/t10?,12-/m1/s1. The third-order valence-corrected chi connectivity index (χ3v) is 4.47. The van der Waals surface area contributed by atoms with Crippen LogP contribution in [0.25, 0.3) is 10.8 Å². The molecule has 1 saturated carbocycles. The molecule has 2 fully saturated rings. The summed E-state index contributed by atoms with van der Waals surface area (Å²) in [6.07, 6.45) is 1.77. The van der Waals surface area contributed by atoms with Gasteiger partial charge in [0.25, 0.3) is 0 Å². The summed E-state index contributed by atoms with van der Waals surface area (Å²) in [6.45, 7) is 0.811. The van der Waals surface area contributed by atoms with Gasteiger partial charge < -0.3 is 15.8 Å². The predicted molar refractivity (Wildman–Crippen MR) is 90.7 cm³/mol. The number of aromatic nitrogens is 1. The minimum absolute atomic E-state index is 0.203. The molecule has 0 radical (unpaired) electrons. The highest BCUT2D eigenvalue weighted by molar-refractivity contribution is 6.01. The van der Waals surface area contributed by atoms with Gasteiger partial charge in [-0.3, -0.25) is 9.69 Å². The van der Waals surface area contributed by atoms with Crippen molar-refractivity contribution in [3.63, 3.8) is 0 Å². The SMILES string of the molecule is N#CC1C[C@H]1C(=O)Nc1cc2cc(N3CCOC3=O)cc(N)c2cn1. The van der Waals surface area contributed by atoms with Crippen molar-refractivity contribution in [2.45, 2.75) is 6.42 Å². The molecule has 25 heavy (non-hydrogen) atoms. The molecule has 2 heterocycles. The summed E-state index contributed by atoms with van der Waals surface area (Å²) in [5, 5.41) is 13.0. The van der Waals surface area contributed by atoms with Crippen molar-refractivity contribution < 1.29 is 14.3 Å². The van der Waals surface area contributed by atoms with Crippen molar-refractivity contribution in [2.24, 2.45) is 11.8 Å². The number of amides is 2. The third kappa shape index (κ3) is 2.70. The topological polar surface area (TPSA) is 121 Å². The first-order valence-corrected chi connectivity index (χ1v) is 7.91. The Labute approximate surface area is 143 Å². The Kier molecular flexibility index (Phi) is 3.42. The largest absolute Gasteiger partial charge is 0.447 e. The van der Waals surface area contributed by atoms with Crippen molar-refractivity contribution >= 4 is 40.0 Å². The van der Waals surface area contributed by atoms with Crippen molar-refractivity contribution in [1.29, 1.82) is 5.26 Å². The second-order valence-corrected chi connectivity index (χ2v) is 6.16. The van der Waals surface area contributed by atoms with Crippen LogP contribution in [-0.4, -0.2) is 30.1 Å². The molecule has 1 saturated heterocycles. The summed E-state index contributed by atoms with van der Waals surface area (Å²) in [7, 11) is 0. The van der Waals surface area contributed by atoms with E-state index in [4.69, 9.17) is 15.7 Å². The number of fused-ring (bicyclic) bond motifs is 1. The number of nitrogen functional groups attached to an aromatic ring is 1. The number of hydrogen-bond acceptors (Lipinski definition) is 6. The van der Waals surface area contributed by atoms with Gasteiger partial charge in [0.15, 0.2) is 0 Å². The van der Waals surface area contributed by atoms with E-state index in [1.54, 1.807) is 18.3 Å². The summed E-state index contributed by atoms with van der Waals surface area (Å²) >= 11 is 0. The van der Waals surface area contributed by atoms with E-state index in [2.05, 4.69) is 16.4 Å². The maximum Gasteiger partial charge on any atom is 0.414 e. The van der Waals surface area contributed by atoms with Gasteiger partial charge in [0.1, 0.15) is 12.4 Å². The number of nitrogens with zero attached hydrogens (tertiary/aromatic N) is 3. The summed E-state index contributed by atoms with van der Waals surface area (Å²) < 4.78 is 4.95. The number of pyridine rings is 1. The zero-order chi connectivity index (χ0) is 17.6. The second kappa shape index (κ2) is 5.63. The Balaban J connectivity index is 1.64. The average Bonchev–Trinajstić information content (AvgIpc) is 3.27. The number of cyclic esters (lactones) is 1. The smallest absolute Gasteiger partial charge is 0.414 e. The van der Waals surface area contributed by atoms with Gasteiger partial charge in [-0.2, -0.15) is 5.26 Å². The van der Waals surface area contributed by atoms with Crippen LogP contribution in [0.15, 0.2) is 24.4 Å². The van der Waals surface area contributed by atoms with Crippen LogP contribution < -0.4 is 16.0 Å². The van der Waals surface area contributed by atoms with Crippen LogP contribution >= 0.6 is 0 Å². The molecular formula is C17H15N5O3. The lowest BCUT2D eigenvalue weighted by atomic mass is 10.1. The number of nitrogens with one attached hydrogen (secondary N) is 1. The molecule has 2 aliphatic rings. The molecule has 8 nitrogen and oxygen atoms in total. The zero-order valence-corrected chi connectivity index (χ0v) is 13.2. The highest BCUT2D eigenvalue weighted by Crippen LogP contribution is 2.38. The quantitative estimate of drug-likeness (QED) is 0.825. The average molecular weight is 337 g/mol. The maximum absolute atomic E-state index is 12.1. The van der Waals surface area contributed by atoms with E-state index in [-0.39, 0.29) is 17.7 Å². The van der Waals surface area contributed by atoms with Gasteiger partial charge in [0.05, 0.1) is 24.4 Å². The van der Waals surface area contributed by atoms with Crippen LogP contribution in [0.4, 0.5) is 22.0 Å². The molecule has 2 atom stereocenters. The molecular weight excluding hydrogens is 322 g/mol. The van der Waals surface area contributed by atoms with E-state index in [1.165, 1.54) is 4.90 Å². The lowest BCUT2D eigenvalue weighted by Gasteiger charge is -2.15. The molecule has 1 aliphatic heterocycles.